The normalized spacial score (nSPS) is 36.8. The topological polar surface area (TPSA) is 240 Å². The third-order valence-corrected chi connectivity index (χ3v) is 5.74. The molecule has 2 aliphatic heterocycles. The molecule has 0 aromatic heterocycles. The molecular formula is C21H34N2O14. The molecule has 0 saturated carbocycles. The molecule has 0 bridgehead atoms. The van der Waals surface area contributed by atoms with Crippen LogP contribution in [0.25, 0.3) is 0 Å². The molecular weight excluding hydrogens is 504 g/mol. The van der Waals surface area contributed by atoms with Crippen LogP contribution in [0.5, 0.6) is 0 Å². The van der Waals surface area contributed by atoms with Crippen LogP contribution >= 0.6 is 0 Å². The van der Waals surface area contributed by atoms with Gasteiger partial charge in [-0.2, -0.15) is 0 Å². The number of nitrogens with one attached hydrogen (secondary N) is 2. The van der Waals surface area contributed by atoms with E-state index in [-0.39, 0.29) is 0 Å². The first-order valence-electron chi connectivity index (χ1n) is 11.4. The van der Waals surface area contributed by atoms with Gasteiger partial charge in [0.15, 0.2) is 18.7 Å². The number of amides is 2. The third kappa shape index (κ3) is 8.02. The van der Waals surface area contributed by atoms with Gasteiger partial charge in [0.25, 0.3) is 0 Å². The summed E-state index contributed by atoms with van der Waals surface area (Å²) in [5.41, 5.74) is 0. The second-order valence-electron chi connectivity index (χ2n) is 8.71. The summed E-state index contributed by atoms with van der Waals surface area (Å²) < 4.78 is 27.7. The number of esters is 1. The molecule has 2 aliphatic rings. The third-order valence-electron chi connectivity index (χ3n) is 5.74. The standard InChI is InChI=1S/C21H34N2O14/c1-7(19(30)31)34-18-14(23-9(3)26)20(32)35-12(6-33-10(4)27)17(18)37-21-13(22-8(2)25)16(29)15(28)11(5-24)36-21/h7,11-18,20-21,24,28-29,32H,5-6H2,1-4H3,(H,22,25)(H,23,26)(H,30,31)/t7-,11-,12-,13-,14-,15-,16-,17-,18-,20+,21+/m1/s1. The van der Waals surface area contributed by atoms with Crippen molar-refractivity contribution in [1.29, 1.82) is 0 Å². The Morgan fingerprint density at radius 1 is 0.892 bits per heavy atom. The van der Waals surface area contributed by atoms with Gasteiger partial charge in [-0.05, 0) is 6.92 Å². The Kier molecular flexibility index (Phi) is 11.1. The number of carbonyl (C=O) groups excluding carboxylic acids is 3. The van der Waals surface area contributed by atoms with Crippen LogP contribution in [0, 0.1) is 0 Å². The molecule has 2 saturated heterocycles. The second-order valence-corrected chi connectivity index (χ2v) is 8.71. The lowest BCUT2D eigenvalue weighted by Gasteiger charge is -2.48. The first kappa shape index (κ1) is 30.8. The van der Waals surface area contributed by atoms with E-state index in [1.54, 1.807) is 0 Å². The first-order valence-corrected chi connectivity index (χ1v) is 11.4. The highest BCUT2D eigenvalue weighted by Gasteiger charge is 2.53. The van der Waals surface area contributed by atoms with Gasteiger partial charge in [-0.3, -0.25) is 14.4 Å². The van der Waals surface area contributed by atoms with Crippen LogP contribution in [0.3, 0.4) is 0 Å². The summed E-state index contributed by atoms with van der Waals surface area (Å²) >= 11 is 0. The summed E-state index contributed by atoms with van der Waals surface area (Å²) in [6.45, 7) is 3.29. The van der Waals surface area contributed by atoms with Crippen molar-refractivity contribution in [3.8, 4) is 0 Å². The van der Waals surface area contributed by atoms with Crippen LogP contribution in [0.15, 0.2) is 0 Å². The largest absolute Gasteiger partial charge is 0.479 e. The lowest BCUT2D eigenvalue weighted by molar-refractivity contribution is -0.333. The Hall–Kier alpha value is -2.44. The smallest absolute Gasteiger partial charge is 0.332 e. The van der Waals surface area contributed by atoms with Crippen molar-refractivity contribution < 1.29 is 68.4 Å². The van der Waals surface area contributed by atoms with Crippen LogP contribution in [-0.2, 0) is 42.9 Å². The molecule has 0 aromatic carbocycles. The van der Waals surface area contributed by atoms with Crippen molar-refractivity contribution >= 4 is 23.8 Å². The van der Waals surface area contributed by atoms with Crippen LogP contribution in [0.1, 0.15) is 27.7 Å². The molecule has 16 nitrogen and oxygen atoms in total. The number of carboxylic acid groups (broad SMARTS) is 1. The van der Waals surface area contributed by atoms with Crippen molar-refractivity contribution in [1.82, 2.24) is 10.6 Å². The summed E-state index contributed by atoms with van der Waals surface area (Å²) in [5, 5.41) is 55.2. The molecule has 0 spiro atoms. The van der Waals surface area contributed by atoms with E-state index < -0.39 is 104 Å². The van der Waals surface area contributed by atoms with Crippen molar-refractivity contribution in [2.24, 2.45) is 0 Å². The molecule has 0 aliphatic carbocycles. The van der Waals surface area contributed by atoms with E-state index in [4.69, 9.17) is 23.7 Å². The van der Waals surface area contributed by atoms with Gasteiger partial charge in [-0.25, -0.2) is 4.79 Å². The Morgan fingerprint density at radius 2 is 1.49 bits per heavy atom. The van der Waals surface area contributed by atoms with Gasteiger partial charge >= 0.3 is 11.9 Å². The fraction of sp³-hybridized carbons (Fsp3) is 0.810. The minimum Gasteiger partial charge on any atom is -0.479 e. The molecule has 0 radical (unpaired) electrons. The number of carbonyl (C=O) groups is 4. The SMILES string of the molecule is CC(=O)N[C@@H]1[C@@H](O[C@H](C)C(=O)O)[C@H](O[C@@H]2O[C@H](CO)[C@@H](O)[C@H](O)[C@H]2NC(C)=O)[C@@H](COC(C)=O)O[C@@H]1O. The number of rotatable bonds is 10. The number of aliphatic hydroxyl groups is 4. The van der Waals surface area contributed by atoms with E-state index in [1.165, 1.54) is 6.92 Å². The molecule has 2 heterocycles. The number of aliphatic carboxylic acids is 1. The van der Waals surface area contributed by atoms with Crippen molar-refractivity contribution in [2.75, 3.05) is 13.2 Å². The number of hydrogen-bond donors (Lipinski definition) is 7. The Balaban J connectivity index is 2.51. The predicted molar refractivity (Wildman–Crippen MR) is 117 cm³/mol. The monoisotopic (exact) mass is 538 g/mol. The van der Waals surface area contributed by atoms with E-state index in [2.05, 4.69) is 10.6 Å². The maximum absolute atomic E-state index is 11.8. The summed E-state index contributed by atoms with van der Waals surface area (Å²) in [5.74, 6) is -3.38. The number of aliphatic hydroxyl groups excluding tert-OH is 4. The van der Waals surface area contributed by atoms with E-state index in [9.17, 15) is 44.7 Å². The molecule has 2 rings (SSSR count). The second kappa shape index (κ2) is 13.4. The zero-order valence-corrected chi connectivity index (χ0v) is 20.7. The summed E-state index contributed by atoms with van der Waals surface area (Å²) in [7, 11) is 0. The minimum absolute atomic E-state index is 0.517. The average molecular weight is 539 g/mol. The number of hydrogen-bond acceptors (Lipinski definition) is 13. The molecule has 0 aromatic rings. The van der Waals surface area contributed by atoms with E-state index in [1.807, 2.05) is 0 Å². The van der Waals surface area contributed by atoms with E-state index in [0.29, 0.717) is 0 Å². The van der Waals surface area contributed by atoms with E-state index >= 15 is 0 Å². The molecule has 2 amide bonds. The predicted octanol–water partition coefficient (Wildman–Crippen LogP) is -4.04. The summed E-state index contributed by atoms with van der Waals surface area (Å²) in [6, 6.07) is -2.78. The van der Waals surface area contributed by atoms with Gasteiger partial charge in [0, 0.05) is 20.8 Å². The highest BCUT2D eigenvalue weighted by molar-refractivity contribution is 5.74. The minimum atomic E-state index is -1.76. The summed E-state index contributed by atoms with van der Waals surface area (Å²) in [4.78, 5) is 46.6. The van der Waals surface area contributed by atoms with Gasteiger partial charge in [-0.15, -0.1) is 0 Å². The van der Waals surface area contributed by atoms with Crippen LogP contribution in [-0.4, -0.2) is 130 Å². The lowest BCUT2D eigenvalue weighted by atomic mass is 9.94. The fourth-order valence-electron chi connectivity index (χ4n) is 4.00. The molecule has 0 unspecified atom stereocenters. The maximum atomic E-state index is 11.8. The first-order chi connectivity index (χ1) is 17.3. The van der Waals surface area contributed by atoms with Crippen molar-refractivity contribution in [3.63, 3.8) is 0 Å². The van der Waals surface area contributed by atoms with Gasteiger partial charge in [0.2, 0.25) is 11.8 Å². The molecule has 7 N–H and O–H groups in total. The molecule has 11 atom stereocenters. The summed E-state index contributed by atoms with van der Waals surface area (Å²) in [6.07, 6.45) is -13.7. The Labute approximate surface area is 211 Å². The Morgan fingerprint density at radius 3 is 2.00 bits per heavy atom. The lowest BCUT2D eigenvalue weighted by Crippen LogP contribution is -2.69. The van der Waals surface area contributed by atoms with E-state index in [0.717, 1.165) is 20.8 Å². The van der Waals surface area contributed by atoms with Crippen LogP contribution < -0.4 is 10.6 Å². The van der Waals surface area contributed by atoms with Gasteiger partial charge in [0.1, 0.15) is 55.3 Å². The Bertz CT molecular complexity index is 827. The zero-order chi connectivity index (χ0) is 28.0. The number of carboxylic acids is 1. The molecule has 16 heteroatoms. The highest BCUT2D eigenvalue weighted by atomic mass is 16.7. The molecule has 2 fully saturated rings. The zero-order valence-electron chi connectivity index (χ0n) is 20.7. The fourth-order valence-corrected chi connectivity index (χ4v) is 4.00. The van der Waals surface area contributed by atoms with Gasteiger partial charge < -0.3 is 59.9 Å². The van der Waals surface area contributed by atoms with Crippen molar-refractivity contribution in [3.05, 3.63) is 0 Å². The highest BCUT2D eigenvalue weighted by Crippen LogP contribution is 2.31. The van der Waals surface area contributed by atoms with Crippen molar-refractivity contribution in [2.45, 2.75) is 95.1 Å². The number of ether oxygens (including phenoxy) is 5. The van der Waals surface area contributed by atoms with Gasteiger partial charge in [-0.1, -0.05) is 0 Å². The van der Waals surface area contributed by atoms with Crippen LogP contribution in [0.4, 0.5) is 0 Å². The quantitative estimate of drug-likeness (QED) is 0.131. The maximum Gasteiger partial charge on any atom is 0.332 e. The van der Waals surface area contributed by atoms with Gasteiger partial charge in [0.05, 0.1) is 6.61 Å². The van der Waals surface area contributed by atoms with Crippen LogP contribution in [0.2, 0.25) is 0 Å². The average Bonchev–Trinajstić information content (AvgIpc) is 2.80. The molecule has 212 valence electrons. The molecule has 37 heavy (non-hydrogen) atoms.